The van der Waals surface area contributed by atoms with Crippen LogP contribution in [0.4, 0.5) is 0 Å². The van der Waals surface area contributed by atoms with E-state index in [-0.39, 0.29) is 17.7 Å². The molecule has 0 saturated carbocycles. The Morgan fingerprint density at radius 1 is 1.00 bits per heavy atom. The topological polar surface area (TPSA) is 72.8 Å². The molecule has 0 atom stereocenters. The zero-order chi connectivity index (χ0) is 14.7. The first kappa shape index (κ1) is 17.1. The summed E-state index contributed by atoms with van der Waals surface area (Å²) in [5, 5.41) is 8.77. The van der Waals surface area contributed by atoms with E-state index < -0.39 is 11.9 Å². The number of benzene rings is 1. The molecule has 1 aromatic carbocycles. The second-order valence-electron chi connectivity index (χ2n) is 3.35. The van der Waals surface area contributed by atoms with Crippen LogP contribution in [-0.4, -0.2) is 36.9 Å². The minimum Gasteiger partial charge on any atom is -0.478 e. The van der Waals surface area contributed by atoms with Gasteiger partial charge in [0.2, 0.25) is 0 Å². The van der Waals surface area contributed by atoms with Crippen LogP contribution in [0.5, 0.6) is 0 Å². The summed E-state index contributed by atoms with van der Waals surface area (Å²) in [6.45, 7) is 7.56. The highest BCUT2D eigenvalue weighted by Crippen LogP contribution is 2.09. The van der Waals surface area contributed by atoms with Crippen molar-refractivity contribution in [2.75, 3.05) is 19.8 Å². The summed E-state index contributed by atoms with van der Waals surface area (Å²) < 4.78 is 9.55. The van der Waals surface area contributed by atoms with E-state index >= 15 is 0 Å². The number of carboxylic acids is 1. The summed E-state index contributed by atoms with van der Waals surface area (Å²) in [5.74, 6) is -1.74. The van der Waals surface area contributed by atoms with E-state index in [1.54, 1.807) is 19.1 Å². The average molecular weight is 268 g/mol. The molecule has 106 valence electrons. The van der Waals surface area contributed by atoms with E-state index in [0.717, 1.165) is 13.2 Å². The summed E-state index contributed by atoms with van der Waals surface area (Å²) in [6, 6.07) is 5.96. The Kier molecular flexibility index (Phi) is 9.08. The van der Waals surface area contributed by atoms with Crippen molar-refractivity contribution in [2.45, 2.75) is 20.8 Å². The first-order chi connectivity index (χ1) is 9.08. The zero-order valence-electron chi connectivity index (χ0n) is 11.5. The van der Waals surface area contributed by atoms with Crippen LogP contribution >= 0.6 is 0 Å². The molecule has 0 aliphatic carbocycles. The van der Waals surface area contributed by atoms with Gasteiger partial charge in [0.1, 0.15) is 0 Å². The third kappa shape index (κ3) is 6.57. The van der Waals surface area contributed by atoms with Crippen LogP contribution in [-0.2, 0) is 9.47 Å². The molecule has 0 spiro atoms. The lowest BCUT2D eigenvalue weighted by Crippen LogP contribution is -2.11. The molecule has 0 aromatic heterocycles. The third-order valence-electron chi connectivity index (χ3n) is 2.06. The average Bonchev–Trinajstić information content (AvgIpc) is 2.40. The number of carbonyl (C=O) groups is 2. The van der Waals surface area contributed by atoms with Crippen molar-refractivity contribution < 1.29 is 24.2 Å². The van der Waals surface area contributed by atoms with E-state index in [0.29, 0.717) is 0 Å². The molecule has 0 amide bonds. The minimum absolute atomic E-state index is 0.0362. The number of aromatic carboxylic acids is 1. The van der Waals surface area contributed by atoms with E-state index in [1.165, 1.54) is 12.1 Å². The molecule has 1 rings (SSSR count). The summed E-state index contributed by atoms with van der Waals surface area (Å²) in [7, 11) is 0. The van der Waals surface area contributed by atoms with Gasteiger partial charge in [-0.25, -0.2) is 9.59 Å². The van der Waals surface area contributed by atoms with Crippen molar-refractivity contribution >= 4 is 11.9 Å². The fourth-order valence-corrected chi connectivity index (χ4v) is 1.26. The maximum atomic E-state index is 11.3. The highest BCUT2D eigenvalue weighted by Gasteiger charge is 2.15. The first-order valence-electron chi connectivity index (χ1n) is 6.15. The summed E-state index contributed by atoms with van der Waals surface area (Å²) in [5.41, 5.74) is 0.0489. The molecule has 0 aliphatic rings. The fourth-order valence-electron chi connectivity index (χ4n) is 1.26. The van der Waals surface area contributed by atoms with Crippen molar-refractivity contribution in [3.8, 4) is 0 Å². The largest absolute Gasteiger partial charge is 0.478 e. The molecule has 5 nitrogen and oxygen atoms in total. The second kappa shape index (κ2) is 10.1. The highest BCUT2D eigenvalue weighted by molar-refractivity contribution is 6.02. The molecule has 5 heteroatoms. The van der Waals surface area contributed by atoms with Gasteiger partial charge in [-0.15, -0.1) is 0 Å². The predicted octanol–water partition coefficient (Wildman–Crippen LogP) is 2.60. The number of esters is 1. The van der Waals surface area contributed by atoms with E-state index in [1.807, 2.05) is 13.8 Å². The molecule has 0 heterocycles. The van der Waals surface area contributed by atoms with Gasteiger partial charge in [-0.2, -0.15) is 0 Å². The molecular weight excluding hydrogens is 248 g/mol. The number of rotatable bonds is 5. The Labute approximate surface area is 113 Å². The van der Waals surface area contributed by atoms with Gasteiger partial charge in [-0.1, -0.05) is 12.1 Å². The Bertz CT molecular complexity index is 399. The Hall–Kier alpha value is -1.88. The van der Waals surface area contributed by atoms with Gasteiger partial charge in [0.25, 0.3) is 0 Å². The number of ether oxygens (including phenoxy) is 2. The molecular formula is C14H20O5. The number of hydrogen-bond acceptors (Lipinski definition) is 4. The van der Waals surface area contributed by atoms with Crippen LogP contribution in [0.1, 0.15) is 41.5 Å². The molecule has 19 heavy (non-hydrogen) atoms. The molecule has 0 bridgehead atoms. The van der Waals surface area contributed by atoms with Crippen molar-refractivity contribution in [1.82, 2.24) is 0 Å². The predicted molar refractivity (Wildman–Crippen MR) is 71.5 cm³/mol. The molecule has 1 aromatic rings. The van der Waals surface area contributed by atoms with Gasteiger partial charge >= 0.3 is 11.9 Å². The monoisotopic (exact) mass is 268 g/mol. The SMILES string of the molecule is CCOC(=O)c1ccccc1C(=O)O.CCOCC. The Morgan fingerprint density at radius 2 is 1.53 bits per heavy atom. The lowest BCUT2D eigenvalue weighted by molar-refractivity contribution is 0.0514. The lowest BCUT2D eigenvalue weighted by Gasteiger charge is -2.04. The van der Waals surface area contributed by atoms with Gasteiger partial charge in [0, 0.05) is 13.2 Å². The van der Waals surface area contributed by atoms with Crippen LogP contribution in [0.3, 0.4) is 0 Å². The van der Waals surface area contributed by atoms with E-state index in [2.05, 4.69) is 0 Å². The Morgan fingerprint density at radius 3 is 1.89 bits per heavy atom. The van der Waals surface area contributed by atoms with E-state index in [9.17, 15) is 9.59 Å². The van der Waals surface area contributed by atoms with Crippen molar-refractivity contribution in [3.63, 3.8) is 0 Å². The summed E-state index contributed by atoms with van der Waals surface area (Å²) >= 11 is 0. The van der Waals surface area contributed by atoms with Gasteiger partial charge in [0.15, 0.2) is 0 Å². The van der Waals surface area contributed by atoms with Crippen LogP contribution < -0.4 is 0 Å². The maximum absolute atomic E-state index is 11.3. The lowest BCUT2D eigenvalue weighted by atomic mass is 10.1. The summed E-state index contributed by atoms with van der Waals surface area (Å²) in [6.07, 6.45) is 0. The van der Waals surface area contributed by atoms with Crippen molar-refractivity contribution in [1.29, 1.82) is 0 Å². The molecule has 0 saturated heterocycles. The summed E-state index contributed by atoms with van der Waals surface area (Å²) in [4.78, 5) is 22.0. The molecule has 0 radical (unpaired) electrons. The number of carbonyl (C=O) groups excluding carboxylic acids is 1. The Balaban J connectivity index is 0.000000555. The van der Waals surface area contributed by atoms with Gasteiger partial charge in [-0.05, 0) is 32.9 Å². The standard InChI is InChI=1S/C10H10O4.C4H10O/c1-2-14-10(13)8-6-4-3-5-7(8)9(11)12;1-3-5-4-2/h3-6H,2H2,1H3,(H,11,12);3-4H2,1-2H3. The van der Waals surface area contributed by atoms with Gasteiger partial charge in [0.05, 0.1) is 17.7 Å². The fraction of sp³-hybridized carbons (Fsp3) is 0.429. The minimum atomic E-state index is -1.13. The van der Waals surface area contributed by atoms with Crippen LogP contribution in [0.15, 0.2) is 24.3 Å². The second-order valence-corrected chi connectivity index (χ2v) is 3.35. The van der Waals surface area contributed by atoms with Crippen molar-refractivity contribution in [3.05, 3.63) is 35.4 Å². The quantitative estimate of drug-likeness (QED) is 0.831. The molecule has 1 N–H and O–H groups in total. The zero-order valence-corrected chi connectivity index (χ0v) is 11.5. The maximum Gasteiger partial charge on any atom is 0.338 e. The molecule has 0 aliphatic heterocycles. The number of carboxylic acid groups (broad SMARTS) is 1. The number of hydrogen-bond donors (Lipinski definition) is 1. The van der Waals surface area contributed by atoms with Gasteiger partial charge in [-0.3, -0.25) is 0 Å². The van der Waals surface area contributed by atoms with Crippen LogP contribution in [0, 0.1) is 0 Å². The van der Waals surface area contributed by atoms with Crippen molar-refractivity contribution in [2.24, 2.45) is 0 Å². The van der Waals surface area contributed by atoms with E-state index in [4.69, 9.17) is 14.6 Å². The van der Waals surface area contributed by atoms with Gasteiger partial charge < -0.3 is 14.6 Å². The van der Waals surface area contributed by atoms with Crippen LogP contribution in [0.25, 0.3) is 0 Å². The molecule has 0 fully saturated rings. The van der Waals surface area contributed by atoms with Crippen LogP contribution in [0.2, 0.25) is 0 Å². The first-order valence-corrected chi connectivity index (χ1v) is 6.15. The normalized spacial score (nSPS) is 9.21. The molecule has 0 unspecified atom stereocenters. The smallest absolute Gasteiger partial charge is 0.338 e. The third-order valence-corrected chi connectivity index (χ3v) is 2.06. The highest BCUT2D eigenvalue weighted by atomic mass is 16.5.